The molecule has 0 fully saturated rings. The standard InChI is InChI=1S/C21H23F3/c1-14(2)20(23)21(24)17(5)16(4)11-9-15(3)10-12-18-7-6-8-19(22)13-18/h6-10,12-13,16H,1,5,11H2,2-4H3/b12-10+,15-9+,21-20-. The van der Waals surface area contributed by atoms with E-state index in [9.17, 15) is 13.2 Å². The van der Waals surface area contributed by atoms with Crippen LogP contribution in [0.25, 0.3) is 6.08 Å². The molecule has 0 saturated carbocycles. The monoisotopic (exact) mass is 332 g/mol. The Morgan fingerprint density at radius 3 is 2.42 bits per heavy atom. The van der Waals surface area contributed by atoms with E-state index in [2.05, 4.69) is 13.2 Å². The largest absolute Gasteiger partial charge is 0.207 e. The van der Waals surface area contributed by atoms with Crippen molar-refractivity contribution in [1.29, 1.82) is 0 Å². The van der Waals surface area contributed by atoms with Gasteiger partial charge in [-0.3, -0.25) is 0 Å². The van der Waals surface area contributed by atoms with Gasteiger partial charge in [-0.05, 0) is 55.0 Å². The van der Waals surface area contributed by atoms with Gasteiger partial charge in [0.2, 0.25) is 0 Å². The second kappa shape index (κ2) is 9.11. The second-order valence-corrected chi connectivity index (χ2v) is 5.91. The second-order valence-electron chi connectivity index (χ2n) is 5.91. The number of hydrogen-bond acceptors (Lipinski definition) is 0. The van der Waals surface area contributed by atoms with Crippen LogP contribution >= 0.6 is 0 Å². The van der Waals surface area contributed by atoms with Crippen LogP contribution in [0.1, 0.15) is 32.8 Å². The number of hydrogen-bond donors (Lipinski definition) is 0. The highest BCUT2D eigenvalue weighted by Gasteiger charge is 2.15. The fourth-order valence-corrected chi connectivity index (χ4v) is 1.96. The average molecular weight is 332 g/mol. The van der Waals surface area contributed by atoms with Gasteiger partial charge in [-0.1, -0.05) is 56.0 Å². The lowest BCUT2D eigenvalue weighted by molar-refractivity contribution is 0.529. The first-order valence-corrected chi connectivity index (χ1v) is 7.73. The third-order valence-corrected chi connectivity index (χ3v) is 3.62. The summed E-state index contributed by atoms with van der Waals surface area (Å²) in [7, 11) is 0. The number of benzene rings is 1. The summed E-state index contributed by atoms with van der Waals surface area (Å²) >= 11 is 0. The summed E-state index contributed by atoms with van der Waals surface area (Å²) in [6, 6.07) is 6.28. The molecule has 0 aliphatic carbocycles. The smallest absolute Gasteiger partial charge is 0.161 e. The zero-order valence-electron chi connectivity index (χ0n) is 14.4. The fourth-order valence-electron chi connectivity index (χ4n) is 1.96. The van der Waals surface area contributed by atoms with Crippen LogP contribution in [0.15, 0.2) is 77.9 Å². The minimum absolute atomic E-state index is 0.0469. The van der Waals surface area contributed by atoms with Crippen molar-refractivity contribution in [2.75, 3.05) is 0 Å². The maximum absolute atomic E-state index is 13.9. The van der Waals surface area contributed by atoms with Crippen LogP contribution in [-0.4, -0.2) is 0 Å². The molecule has 0 aromatic heterocycles. The van der Waals surface area contributed by atoms with Gasteiger partial charge in [-0.2, -0.15) is 0 Å². The lowest BCUT2D eigenvalue weighted by Crippen LogP contribution is -2.00. The molecule has 0 saturated heterocycles. The molecule has 0 bridgehead atoms. The van der Waals surface area contributed by atoms with Gasteiger partial charge in [0.1, 0.15) is 5.82 Å². The van der Waals surface area contributed by atoms with E-state index < -0.39 is 11.7 Å². The molecule has 0 aliphatic rings. The summed E-state index contributed by atoms with van der Waals surface area (Å²) in [4.78, 5) is 0. The van der Waals surface area contributed by atoms with E-state index in [0.29, 0.717) is 6.42 Å². The van der Waals surface area contributed by atoms with Crippen LogP contribution in [-0.2, 0) is 0 Å². The molecule has 0 nitrogen and oxygen atoms in total. The van der Waals surface area contributed by atoms with Gasteiger partial charge in [-0.25, -0.2) is 13.2 Å². The normalized spacial score (nSPS) is 14.5. The van der Waals surface area contributed by atoms with E-state index in [-0.39, 0.29) is 22.9 Å². The highest BCUT2D eigenvalue weighted by atomic mass is 19.2. The summed E-state index contributed by atoms with van der Waals surface area (Å²) in [6.45, 7) is 12.1. The molecule has 1 rings (SSSR count). The molecule has 0 aliphatic heterocycles. The minimum atomic E-state index is -0.946. The Labute approximate surface area is 142 Å². The molecule has 0 N–H and O–H groups in total. The van der Waals surface area contributed by atoms with Gasteiger partial charge in [0, 0.05) is 0 Å². The van der Waals surface area contributed by atoms with Crippen LogP contribution in [0.3, 0.4) is 0 Å². The Morgan fingerprint density at radius 2 is 1.83 bits per heavy atom. The van der Waals surface area contributed by atoms with Crippen molar-refractivity contribution in [1.82, 2.24) is 0 Å². The first-order valence-electron chi connectivity index (χ1n) is 7.73. The first kappa shape index (κ1) is 19.8. The van der Waals surface area contributed by atoms with Crippen molar-refractivity contribution in [2.45, 2.75) is 27.2 Å². The van der Waals surface area contributed by atoms with Crippen molar-refractivity contribution in [3.63, 3.8) is 0 Å². The Balaban J connectivity index is 2.72. The summed E-state index contributed by atoms with van der Waals surface area (Å²) in [6.07, 6.45) is 6.09. The summed E-state index contributed by atoms with van der Waals surface area (Å²) in [5, 5.41) is 0. The number of allylic oxidation sites excluding steroid dienone is 7. The fraction of sp³-hybridized carbons (Fsp3) is 0.238. The third kappa shape index (κ3) is 6.07. The van der Waals surface area contributed by atoms with Crippen LogP contribution in [0.5, 0.6) is 0 Å². The van der Waals surface area contributed by atoms with Crippen molar-refractivity contribution >= 4 is 6.08 Å². The van der Waals surface area contributed by atoms with Crippen LogP contribution in [0.2, 0.25) is 0 Å². The third-order valence-electron chi connectivity index (χ3n) is 3.62. The molecule has 1 atom stereocenters. The summed E-state index contributed by atoms with van der Waals surface area (Å²) in [5.74, 6) is -2.41. The van der Waals surface area contributed by atoms with E-state index in [1.807, 2.05) is 19.1 Å². The maximum atomic E-state index is 13.9. The van der Waals surface area contributed by atoms with Crippen LogP contribution < -0.4 is 0 Å². The van der Waals surface area contributed by atoms with E-state index in [1.54, 1.807) is 25.1 Å². The van der Waals surface area contributed by atoms with Gasteiger partial charge in [0.15, 0.2) is 11.7 Å². The number of rotatable bonds is 7. The Hall–Kier alpha value is -2.29. The molecule has 128 valence electrons. The van der Waals surface area contributed by atoms with Gasteiger partial charge in [-0.15, -0.1) is 0 Å². The number of halogens is 3. The quantitative estimate of drug-likeness (QED) is 0.467. The van der Waals surface area contributed by atoms with Crippen LogP contribution in [0.4, 0.5) is 13.2 Å². The molecule has 24 heavy (non-hydrogen) atoms. The van der Waals surface area contributed by atoms with Gasteiger partial charge >= 0.3 is 0 Å². The molecule has 3 heteroatoms. The summed E-state index contributed by atoms with van der Waals surface area (Å²) < 4.78 is 40.6. The molecule has 0 radical (unpaired) electrons. The van der Waals surface area contributed by atoms with Crippen molar-refractivity contribution < 1.29 is 13.2 Å². The molecule has 0 spiro atoms. The van der Waals surface area contributed by atoms with Gasteiger partial charge in [0.05, 0.1) is 0 Å². The molecule has 1 unspecified atom stereocenters. The Kier molecular flexibility index (Phi) is 7.50. The highest BCUT2D eigenvalue weighted by molar-refractivity contribution is 5.52. The molecule has 1 aromatic rings. The van der Waals surface area contributed by atoms with Crippen molar-refractivity contribution in [3.8, 4) is 0 Å². The lowest BCUT2D eigenvalue weighted by atomic mass is 9.95. The highest BCUT2D eigenvalue weighted by Crippen LogP contribution is 2.28. The predicted molar refractivity (Wildman–Crippen MR) is 96.2 cm³/mol. The summed E-state index contributed by atoms with van der Waals surface area (Å²) in [5.41, 5.74) is 1.88. The molecular weight excluding hydrogens is 309 g/mol. The van der Waals surface area contributed by atoms with Gasteiger partial charge < -0.3 is 0 Å². The van der Waals surface area contributed by atoms with Gasteiger partial charge in [0.25, 0.3) is 0 Å². The SMILES string of the molecule is C=C(C)/C(F)=C(/F)C(=C)C(C)C/C=C(C)/C=C/c1cccc(F)c1. The Bertz CT molecular complexity index is 706. The predicted octanol–water partition coefficient (Wildman–Crippen LogP) is 7.09. The topological polar surface area (TPSA) is 0 Å². The average Bonchev–Trinajstić information content (AvgIpc) is 2.55. The van der Waals surface area contributed by atoms with Crippen molar-refractivity contribution in [3.05, 3.63) is 89.3 Å². The molecule has 0 amide bonds. The lowest BCUT2D eigenvalue weighted by Gasteiger charge is -2.12. The maximum Gasteiger partial charge on any atom is 0.161 e. The van der Waals surface area contributed by atoms with Crippen molar-refractivity contribution in [2.24, 2.45) is 5.92 Å². The zero-order chi connectivity index (χ0) is 18.3. The molecule has 0 heterocycles. The van der Waals surface area contributed by atoms with E-state index in [4.69, 9.17) is 0 Å². The van der Waals surface area contributed by atoms with E-state index >= 15 is 0 Å². The minimum Gasteiger partial charge on any atom is -0.207 e. The molecular formula is C21H23F3. The molecule has 1 aromatic carbocycles. The van der Waals surface area contributed by atoms with E-state index in [1.165, 1.54) is 19.1 Å². The first-order chi connectivity index (χ1) is 11.2. The Morgan fingerprint density at radius 1 is 1.17 bits per heavy atom. The van der Waals surface area contributed by atoms with E-state index in [0.717, 1.165) is 11.1 Å². The van der Waals surface area contributed by atoms with Crippen LogP contribution in [0, 0.1) is 11.7 Å². The zero-order valence-corrected chi connectivity index (χ0v) is 14.4.